The third-order valence-corrected chi connectivity index (χ3v) is 7.80. The third-order valence-electron chi connectivity index (χ3n) is 7.43. The van der Waals surface area contributed by atoms with E-state index in [4.69, 9.17) is 17.3 Å². The number of aromatic nitrogens is 1. The van der Waals surface area contributed by atoms with Crippen molar-refractivity contribution in [2.24, 2.45) is 5.73 Å². The smallest absolute Gasteiger partial charge is 0.160 e. The van der Waals surface area contributed by atoms with Crippen LogP contribution in [0.5, 0.6) is 0 Å². The number of nitrogens with zero attached hydrogens (tertiary/aromatic N) is 3. The van der Waals surface area contributed by atoms with Gasteiger partial charge in [-0.3, -0.25) is 14.6 Å². The van der Waals surface area contributed by atoms with Crippen LogP contribution in [0.25, 0.3) is 22.0 Å². The van der Waals surface area contributed by atoms with Crippen LogP contribution >= 0.6 is 11.6 Å². The number of aryl methyl sites for hydroxylation is 1. The number of hydrogen-bond acceptors (Lipinski definition) is 4. The number of nitrogens with two attached hydrogens (primary N) is 1. The summed E-state index contributed by atoms with van der Waals surface area (Å²) in [6.07, 6.45) is 2.79. The minimum Gasteiger partial charge on any atom is -0.347 e. The molecule has 0 bridgehead atoms. The van der Waals surface area contributed by atoms with Gasteiger partial charge in [-0.2, -0.15) is 0 Å². The Morgan fingerprint density at radius 1 is 0.974 bits per heavy atom. The van der Waals surface area contributed by atoms with Crippen LogP contribution in [0.15, 0.2) is 66.9 Å². The number of ketones is 1. The monoisotopic (exact) mass is 532 g/mol. The van der Waals surface area contributed by atoms with Crippen LogP contribution in [-0.2, 0) is 19.6 Å². The van der Waals surface area contributed by atoms with Crippen molar-refractivity contribution in [2.45, 2.75) is 33.0 Å². The summed E-state index contributed by atoms with van der Waals surface area (Å²) in [5.74, 6) is -0.524. The van der Waals surface area contributed by atoms with Gasteiger partial charge in [-0.15, -0.1) is 0 Å². The Morgan fingerprint density at radius 3 is 2.42 bits per heavy atom. The molecule has 0 aliphatic carbocycles. The summed E-state index contributed by atoms with van der Waals surface area (Å²) in [4.78, 5) is 17.3. The molecule has 0 unspecified atom stereocenters. The van der Waals surface area contributed by atoms with Crippen LogP contribution in [0.4, 0.5) is 4.39 Å². The van der Waals surface area contributed by atoms with Crippen LogP contribution in [0.3, 0.4) is 0 Å². The van der Waals surface area contributed by atoms with Crippen molar-refractivity contribution in [3.05, 3.63) is 94.4 Å². The van der Waals surface area contributed by atoms with Crippen molar-refractivity contribution in [2.75, 3.05) is 32.7 Å². The zero-order chi connectivity index (χ0) is 26.6. The Kier molecular flexibility index (Phi) is 8.24. The lowest BCUT2D eigenvalue weighted by atomic mass is 9.96. The Hall–Kier alpha value is -3.03. The second-order valence-electron chi connectivity index (χ2n) is 10.1. The molecule has 0 radical (unpaired) electrons. The lowest BCUT2D eigenvalue weighted by Crippen LogP contribution is -2.45. The highest BCUT2D eigenvalue weighted by molar-refractivity contribution is 6.31. The summed E-state index contributed by atoms with van der Waals surface area (Å²) in [5, 5.41) is 1.78. The average Bonchev–Trinajstić information content (AvgIpc) is 3.27. The number of carbonyl (C=O) groups excluding carboxylic acids is 1. The average molecular weight is 533 g/mol. The van der Waals surface area contributed by atoms with E-state index in [0.717, 1.165) is 79.3 Å². The predicted molar refractivity (Wildman–Crippen MR) is 153 cm³/mol. The fourth-order valence-electron chi connectivity index (χ4n) is 5.41. The van der Waals surface area contributed by atoms with Gasteiger partial charge >= 0.3 is 0 Å². The van der Waals surface area contributed by atoms with Crippen LogP contribution in [0, 0.1) is 5.82 Å². The second-order valence-corrected chi connectivity index (χ2v) is 10.5. The number of benzene rings is 3. The lowest BCUT2D eigenvalue weighted by molar-refractivity contribution is 0.101. The van der Waals surface area contributed by atoms with E-state index in [2.05, 4.69) is 38.6 Å². The van der Waals surface area contributed by atoms with E-state index in [1.807, 2.05) is 24.4 Å². The lowest BCUT2D eigenvalue weighted by Gasteiger charge is -2.35. The number of piperazine rings is 1. The molecular weight excluding hydrogens is 499 g/mol. The van der Waals surface area contributed by atoms with Gasteiger partial charge in [-0.1, -0.05) is 48.0 Å². The van der Waals surface area contributed by atoms with E-state index in [-0.39, 0.29) is 11.6 Å². The molecule has 2 N–H and O–H groups in total. The van der Waals surface area contributed by atoms with Crippen molar-refractivity contribution in [1.29, 1.82) is 0 Å². The molecule has 5 nitrogen and oxygen atoms in total. The van der Waals surface area contributed by atoms with E-state index in [1.54, 1.807) is 12.1 Å². The molecule has 0 atom stereocenters. The summed E-state index contributed by atoms with van der Waals surface area (Å²) in [5.41, 5.74) is 10.7. The third kappa shape index (κ3) is 5.69. The van der Waals surface area contributed by atoms with Crippen molar-refractivity contribution >= 4 is 28.3 Å². The Bertz CT molecular complexity index is 1440. The Labute approximate surface area is 228 Å². The molecule has 7 heteroatoms. The van der Waals surface area contributed by atoms with Crippen molar-refractivity contribution in [3.8, 4) is 11.1 Å². The highest BCUT2D eigenvalue weighted by Gasteiger charge is 2.21. The van der Waals surface area contributed by atoms with Crippen LogP contribution in [0.1, 0.15) is 34.8 Å². The highest BCUT2D eigenvalue weighted by Crippen LogP contribution is 2.36. The number of halogens is 2. The van der Waals surface area contributed by atoms with E-state index in [9.17, 15) is 4.79 Å². The molecule has 3 aromatic carbocycles. The number of carbonyl (C=O) groups is 1. The molecule has 38 heavy (non-hydrogen) atoms. The topological polar surface area (TPSA) is 54.5 Å². The highest BCUT2D eigenvalue weighted by atomic mass is 35.5. The number of Topliss-reactive ketones (excluding diaryl/α,β-unsaturated/α-hetero) is 1. The molecule has 1 aromatic heterocycles. The Balaban J connectivity index is 1.39. The van der Waals surface area contributed by atoms with Crippen molar-refractivity contribution < 1.29 is 9.18 Å². The zero-order valence-electron chi connectivity index (χ0n) is 21.8. The first kappa shape index (κ1) is 26.6. The van der Waals surface area contributed by atoms with E-state index in [0.29, 0.717) is 17.7 Å². The molecule has 4 aromatic rings. The quantitative estimate of drug-likeness (QED) is 0.270. The van der Waals surface area contributed by atoms with E-state index in [1.165, 1.54) is 18.6 Å². The first-order valence-electron chi connectivity index (χ1n) is 13.2. The molecular formula is C31H34ClFN4O. The first-order valence-corrected chi connectivity index (χ1v) is 13.6. The van der Waals surface area contributed by atoms with Crippen molar-refractivity contribution in [1.82, 2.24) is 14.4 Å². The van der Waals surface area contributed by atoms with E-state index >= 15 is 4.39 Å². The van der Waals surface area contributed by atoms with Gasteiger partial charge in [0.25, 0.3) is 0 Å². The van der Waals surface area contributed by atoms with Gasteiger partial charge in [0.15, 0.2) is 5.78 Å². The SMILES string of the molecule is CC(=O)c1cccc(F)c1-c1cn(CCCN)c2ccc(CN3CCN(Cc4ccccc4Cl)CC3)cc12. The van der Waals surface area contributed by atoms with Crippen LogP contribution in [0.2, 0.25) is 5.02 Å². The van der Waals surface area contributed by atoms with Gasteiger partial charge in [0.05, 0.1) is 0 Å². The van der Waals surface area contributed by atoms with Gasteiger partial charge in [0, 0.05) is 84.6 Å². The molecule has 0 saturated carbocycles. The number of hydrogen-bond donors (Lipinski definition) is 1. The second kappa shape index (κ2) is 11.8. The predicted octanol–water partition coefficient (Wildman–Crippen LogP) is 5.97. The summed E-state index contributed by atoms with van der Waals surface area (Å²) in [6.45, 7) is 8.38. The summed E-state index contributed by atoms with van der Waals surface area (Å²) in [6, 6.07) is 19.2. The normalized spacial score (nSPS) is 14.8. The molecule has 1 aliphatic rings. The van der Waals surface area contributed by atoms with Crippen LogP contribution < -0.4 is 5.73 Å². The fourth-order valence-corrected chi connectivity index (χ4v) is 5.61. The molecule has 1 fully saturated rings. The van der Waals surface area contributed by atoms with Gasteiger partial charge in [-0.05, 0) is 55.3 Å². The molecule has 1 saturated heterocycles. The summed E-state index contributed by atoms with van der Waals surface area (Å²) >= 11 is 6.36. The minimum atomic E-state index is -0.379. The molecule has 0 amide bonds. The van der Waals surface area contributed by atoms with Crippen molar-refractivity contribution in [3.63, 3.8) is 0 Å². The van der Waals surface area contributed by atoms with Gasteiger partial charge in [0.1, 0.15) is 5.82 Å². The minimum absolute atomic E-state index is 0.145. The largest absolute Gasteiger partial charge is 0.347 e. The molecule has 5 rings (SSSR count). The maximum atomic E-state index is 15.2. The molecule has 0 spiro atoms. The fraction of sp³-hybridized carbons (Fsp3) is 0.323. The summed E-state index contributed by atoms with van der Waals surface area (Å²) < 4.78 is 17.3. The van der Waals surface area contributed by atoms with Crippen LogP contribution in [-0.4, -0.2) is 52.9 Å². The van der Waals surface area contributed by atoms with Gasteiger partial charge < -0.3 is 10.3 Å². The number of fused-ring (bicyclic) bond motifs is 1. The maximum absolute atomic E-state index is 15.2. The maximum Gasteiger partial charge on any atom is 0.160 e. The summed E-state index contributed by atoms with van der Waals surface area (Å²) in [7, 11) is 0. The molecule has 1 aliphatic heterocycles. The molecule has 198 valence electrons. The van der Waals surface area contributed by atoms with E-state index < -0.39 is 0 Å². The number of rotatable bonds is 9. The Morgan fingerprint density at radius 2 is 1.71 bits per heavy atom. The standard InChI is InChI=1S/C31H34ClFN4O/c1-22(38)25-7-4-9-29(33)31(25)27-21-37(13-5-12-34)30-11-10-23(18-26(27)30)19-35-14-16-36(17-15-35)20-24-6-2-3-8-28(24)32/h2-4,6-11,18,21H,5,12-17,19-20,34H2,1H3. The molecule has 2 heterocycles. The first-order chi connectivity index (χ1) is 18.4. The van der Waals surface area contributed by atoms with Gasteiger partial charge in [0.2, 0.25) is 0 Å². The van der Waals surface area contributed by atoms with Gasteiger partial charge in [-0.25, -0.2) is 4.39 Å². The zero-order valence-corrected chi connectivity index (χ0v) is 22.6.